The Morgan fingerprint density at radius 2 is 2.25 bits per heavy atom. The SMILES string of the molecule is COCC(O)CCNCC1CCCC(C)C1. The third kappa shape index (κ3) is 5.83. The van der Waals surface area contributed by atoms with Crippen molar-refractivity contribution in [3.8, 4) is 0 Å². The molecule has 0 saturated heterocycles. The minimum absolute atomic E-state index is 0.317. The average molecular weight is 229 g/mol. The summed E-state index contributed by atoms with van der Waals surface area (Å²) in [5, 5.41) is 12.9. The zero-order valence-corrected chi connectivity index (χ0v) is 10.7. The molecule has 96 valence electrons. The quantitative estimate of drug-likeness (QED) is 0.654. The molecule has 3 atom stereocenters. The van der Waals surface area contributed by atoms with Gasteiger partial charge in [0.05, 0.1) is 12.7 Å². The van der Waals surface area contributed by atoms with Gasteiger partial charge in [0.25, 0.3) is 0 Å². The molecule has 3 heteroatoms. The summed E-state index contributed by atoms with van der Waals surface area (Å²) in [6.07, 6.45) is 6.01. The zero-order valence-electron chi connectivity index (χ0n) is 10.7. The largest absolute Gasteiger partial charge is 0.391 e. The van der Waals surface area contributed by atoms with E-state index in [-0.39, 0.29) is 6.10 Å². The van der Waals surface area contributed by atoms with Crippen LogP contribution in [0.25, 0.3) is 0 Å². The van der Waals surface area contributed by atoms with E-state index in [1.807, 2.05) is 0 Å². The lowest BCUT2D eigenvalue weighted by Crippen LogP contribution is -2.29. The molecular formula is C13H27NO2. The minimum atomic E-state index is -0.317. The van der Waals surface area contributed by atoms with Crippen molar-refractivity contribution >= 4 is 0 Å². The van der Waals surface area contributed by atoms with Crippen molar-refractivity contribution < 1.29 is 9.84 Å². The van der Waals surface area contributed by atoms with E-state index in [9.17, 15) is 5.11 Å². The Kier molecular flexibility index (Phi) is 7.01. The average Bonchev–Trinajstić information content (AvgIpc) is 2.25. The lowest BCUT2D eigenvalue weighted by molar-refractivity contribution is 0.0591. The van der Waals surface area contributed by atoms with Gasteiger partial charge in [-0.15, -0.1) is 0 Å². The summed E-state index contributed by atoms with van der Waals surface area (Å²) in [6.45, 7) is 4.82. The van der Waals surface area contributed by atoms with Gasteiger partial charge in [0, 0.05) is 7.11 Å². The number of nitrogens with one attached hydrogen (secondary N) is 1. The fourth-order valence-electron chi connectivity index (χ4n) is 2.60. The molecule has 1 saturated carbocycles. The summed E-state index contributed by atoms with van der Waals surface area (Å²) >= 11 is 0. The molecule has 1 aliphatic carbocycles. The lowest BCUT2D eigenvalue weighted by atomic mass is 9.82. The monoisotopic (exact) mass is 229 g/mol. The summed E-state index contributed by atoms with van der Waals surface area (Å²) in [4.78, 5) is 0. The highest BCUT2D eigenvalue weighted by Crippen LogP contribution is 2.27. The standard InChI is InChI=1S/C13H27NO2/c1-11-4-3-5-12(8-11)9-14-7-6-13(15)10-16-2/h11-15H,3-10H2,1-2H3. The Labute approximate surface area is 99.6 Å². The predicted molar refractivity (Wildman–Crippen MR) is 66.5 cm³/mol. The summed E-state index contributed by atoms with van der Waals surface area (Å²) in [7, 11) is 1.63. The zero-order chi connectivity index (χ0) is 11.8. The van der Waals surface area contributed by atoms with E-state index >= 15 is 0 Å². The second-order valence-corrected chi connectivity index (χ2v) is 5.24. The van der Waals surface area contributed by atoms with Crippen LogP contribution in [-0.2, 0) is 4.74 Å². The maximum atomic E-state index is 9.46. The van der Waals surface area contributed by atoms with Crippen LogP contribution < -0.4 is 5.32 Å². The molecule has 1 rings (SSSR count). The van der Waals surface area contributed by atoms with E-state index in [0.717, 1.165) is 31.3 Å². The number of aliphatic hydroxyl groups excluding tert-OH is 1. The summed E-state index contributed by atoms with van der Waals surface area (Å²) in [6, 6.07) is 0. The molecule has 1 fully saturated rings. The number of hydrogen-bond acceptors (Lipinski definition) is 3. The van der Waals surface area contributed by atoms with Crippen LogP contribution in [0, 0.1) is 11.8 Å². The van der Waals surface area contributed by atoms with E-state index in [0.29, 0.717) is 6.61 Å². The summed E-state index contributed by atoms with van der Waals surface area (Å²) in [5.41, 5.74) is 0. The second kappa shape index (κ2) is 8.04. The molecule has 0 aromatic carbocycles. The fourth-order valence-corrected chi connectivity index (χ4v) is 2.60. The highest BCUT2D eigenvalue weighted by molar-refractivity contribution is 4.72. The second-order valence-electron chi connectivity index (χ2n) is 5.24. The van der Waals surface area contributed by atoms with Crippen LogP contribution >= 0.6 is 0 Å². The van der Waals surface area contributed by atoms with E-state index in [4.69, 9.17) is 4.74 Å². The van der Waals surface area contributed by atoms with E-state index in [1.54, 1.807) is 7.11 Å². The highest BCUT2D eigenvalue weighted by Gasteiger charge is 2.18. The van der Waals surface area contributed by atoms with Gasteiger partial charge in [-0.1, -0.05) is 19.8 Å². The van der Waals surface area contributed by atoms with Gasteiger partial charge in [0.15, 0.2) is 0 Å². The first kappa shape index (κ1) is 13.9. The van der Waals surface area contributed by atoms with Crippen molar-refractivity contribution in [1.82, 2.24) is 5.32 Å². The molecule has 0 aliphatic heterocycles. The third-order valence-corrected chi connectivity index (χ3v) is 3.49. The molecule has 0 bridgehead atoms. The van der Waals surface area contributed by atoms with Gasteiger partial charge in [-0.05, 0) is 44.2 Å². The lowest BCUT2D eigenvalue weighted by Gasteiger charge is -2.27. The van der Waals surface area contributed by atoms with Crippen LogP contribution in [0.3, 0.4) is 0 Å². The van der Waals surface area contributed by atoms with Gasteiger partial charge in [-0.3, -0.25) is 0 Å². The van der Waals surface area contributed by atoms with Gasteiger partial charge in [-0.25, -0.2) is 0 Å². The summed E-state index contributed by atoms with van der Waals surface area (Å²) in [5.74, 6) is 1.75. The molecule has 3 unspecified atom stereocenters. The van der Waals surface area contributed by atoms with E-state index in [1.165, 1.54) is 25.7 Å². The van der Waals surface area contributed by atoms with Crippen LogP contribution in [0.5, 0.6) is 0 Å². The molecule has 0 aromatic rings. The Morgan fingerprint density at radius 3 is 2.94 bits per heavy atom. The molecule has 0 heterocycles. The topological polar surface area (TPSA) is 41.5 Å². The van der Waals surface area contributed by atoms with Crippen LogP contribution in [-0.4, -0.2) is 38.0 Å². The van der Waals surface area contributed by atoms with Crippen molar-refractivity contribution in [1.29, 1.82) is 0 Å². The van der Waals surface area contributed by atoms with Crippen LogP contribution in [0.2, 0.25) is 0 Å². The predicted octanol–water partition coefficient (Wildman–Crippen LogP) is 1.80. The number of rotatable bonds is 7. The molecule has 0 amide bonds. The smallest absolute Gasteiger partial charge is 0.0785 e. The minimum Gasteiger partial charge on any atom is -0.391 e. The summed E-state index contributed by atoms with van der Waals surface area (Å²) < 4.78 is 4.89. The van der Waals surface area contributed by atoms with Gasteiger partial charge >= 0.3 is 0 Å². The van der Waals surface area contributed by atoms with Crippen molar-refractivity contribution in [3.05, 3.63) is 0 Å². The maximum absolute atomic E-state index is 9.46. The number of hydrogen-bond donors (Lipinski definition) is 2. The van der Waals surface area contributed by atoms with Gasteiger partial charge in [-0.2, -0.15) is 0 Å². The first-order valence-corrected chi connectivity index (χ1v) is 6.60. The Hall–Kier alpha value is -0.120. The number of methoxy groups -OCH3 is 1. The van der Waals surface area contributed by atoms with Crippen molar-refractivity contribution in [3.63, 3.8) is 0 Å². The molecule has 0 aromatic heterocycles. The van der Waals surface area contributed by atoms with E-state index in [2.05, 4.69) is 12.2 Å². The van der Waals surface area contributed by atoms with Crippen molar-refractivity contribution in [2.24, 2.45) is 11.8 Å². The van der Waals surface area contributed by atoms with Gasteiger partial charge in [0.1, 0.15) is 0 Å². The Bertz CT molecular complexity index is 175. The fraction of sp³-hybridized carbons (Fsp3) is 1.00. The molecule has 3 nitrogen and oxygen atoms in total. The van der Waals surface area contributed by atoms with Crippen LogP contribution in [0.1, 0.15) is 39.0 Å². The molecule has 2 N–H and O–H groups in total. The number of aliphatic hydroxyl groups is 1. The number of ether oxygens (including phenoxy) is 1. The normalized spacial score (nSPS) is 27.9. The van der Waals surface area contributed by atoms with Crippen LogP contribution in [0.4, 0.5) is 0 Å². The molecule has 0 radical (unpaired) electrons. The highest BCUT2D eigenvalue weighted by atomic mass is 16.5. The Morgan fingerprint density at radius 1 is 1.44 bits per heavy atom. The molecule has 0 spiro atoms. The molecular weight excluding hydrogens is 202 g/mol. The van der Waals surface area contributed by atoms with Gasteiger partial charge in [0.2, 0.25) is 0 Å². The first-order chi connectivity index (χ1) is 7.72. The molecule has 16 heavy (non-hydrogen) atoms. The molecule has 1 aliphatic rings. The first-order valence-electron chi connectivity index (χ1n) is 6.60. The van der Waals surface area contributed by atoms with E-state index < -0.39 is 0 Å². The maximum Gasteiger partial charge on any atom is 0.0785 e. The third-order valence-electron chi connectivity index (χ3n) is 3.49. The van der Waals surface area contributed by atoms with Crippen LogP contribution in [0.15, 0.2) is 0 Å². The Balaban J connectivity index is 1.98. The van der Waals surface area contributed by atoms with Crippen molar-refractivity contribution in [2.45, 2.75) is 45.1 Å². The van der Waals surface area contributed by atoms with Gasteiger partial charge < -0.3 is 15.2 Å². The van der Waals surface area contributed by atoms with Crippen molar-refractivity contribution in [2.75, 3.05) is 26.8 Å².